The number of nitrogens with two attached hydrogens (primary N) is 1. The van der Waals surface area contributed by atoms with Crippen molar-refractivity contribution in [2.75, 3.05) is 36.8 Å². The van der Waals surface area contributed by atoms with Crippen LogP contribution in [0.2, 0.25) is 18.6 Å². The minimum absolute atomic E-state index is 0.0324. The fourth-order valence-corrected chi connectivity index (χ4v) is 11.7. The van der Waals surface area contributed by atoms with E-state index in [1.165, 1.54) is 5.19 Å². The second-order valence-corrected chi connectivity index (χ2v) is 17.9. The third-order valence-electron chi connectivity index (χ3n) is 10.2. The van der Waals surface area contributed by atoms with Crippen molar-refractivity contribution in [2.45, 2.75) is 50.2 Å². The number of hydrogen-bond donors (Lipinski definition) is 3. The summed E-state index contributed by atoms with van der Waals surface area (Å²) in [5, 5.41) is 14.3. The number of carbonyl (C=O) groups is 2. The molecule has 4 atom stereocenters. The van der Waals surface area contributed by atoms with Gasteiger partial charge in [-0.15, -0.1) is 0 Å². The van der Waals surface area contributed by atoms with Gasteiger partial charge in [0, 0.05) is 35.0 Å². The number of aliphatic hydroxyl groups excluding tert-OH is 1. The maximum atomic E-state index is 14.9. The smallest absolute Gasteiger partial charge is 0.264 e. The third kappa shape index (κ3) is 5.74. The van der Waals surface area contributed by atoms with Gasteiger partial charge in [0.15, 0.2) is 5.60 Å². The van der Waals surface area contributed by atoms with E-state index in [1.54, 1.807) is 43.4 Å². The van der Waals surface area contributed by atoms with Crippen molar-refractivity contribution in [3.05, 3.63) is 108 Å². The number of nitrogens with one attached hydrogen (secondary N) is 1. The summed E-state index contributed by atoms with van der Waals surface area (Å²) < 4.78 is 18.1. The van der Waals surface area contributed by atoms with Gasteiger partial charge in [-0.2, -0.15) is 0 Å². The Labute approximate surface area is 282 Å². The Hall–Kier alpha value is -4.64. The number of hydrogen-bond acceptors (Lipinski definition) is 7. The summed E-state index contributed by atoms with van der Waals surface area (Å²) in [4.78, 5) is 29.4. The van der Waals surface area contributed by atoms with Crippen molar-refractivity contribution in [3.63, 3.8) is 0 Å². The second kappa shape index (κ2) is 13.1. The van der Waals surface area contributed by atoms with Crippen molar-refractivity contribution in [3.8, 4) is 11.5 Å². The van der Waals surface area contributed by atoms with Crippen LogP contribution in [0.5, 0.6) is 11.5 Å². The first-order valence-corrected chi connectivity index (χ1v) is 19.3. The number of anilines is 3. The number of nitrogens with zero attached hydrogens (tertiary/aromatic N) is 1. The van der Waals surface area contributed by atoms with Crippen LogP contribution in [0.25, 0.3) is 0 Å². The largest absolute Gasteiger partial charge is 0.497 e. The summed E-state index contributed by atoms with van der Waals surface area (Å²) in [6.45, 7) is 7.04. The fourth-order valence-electron chi connectivity index (χ4n) is 7.69. The predicted molar refractivity (Wildman–Crippen MR) is 191 cm³/mol. The molecular weight excluding hydrogens is 623 g/mol. The zero-order valence-electron chi connectivity index (χ0n) is 28.0. The topological polar surface area (TPSA) is 123 Å². The Bertz CT molecular complexity index is 1800. The molecule has 6 rings (SSSR count). The Balaban J connectivity index is 1.32. The molecule has 2 aliphatic rings. The van der Waals surface area contributed by atoms with Gasteiger partial charge in [-0.1, -0.05) is 49.5 Å². The highest BCUT2D eigenvalue weighted by Crippen LogP contribution is 2.60. The standard InChI is InChI=1S/C38H43N3O6Si/c1-24-35(48(4,5)31-17-14-29(45-2)15-18-31)34(20-21-42)47-38(24)32-22-30(46-3)16-19-33(32)41(37(38)44)23-25-6-12-28(13-7-25)40-36(43)26-8-10-27(39)11-9-26/h6-19,22,24,34-35,42H,20-21,23,39H2,1-5H3,(H,40,43)/t24-,34+,35-,38+/m0/s1. The van der Waals surface area contributed by atoms with E-state index in [9.17, 15) is 14.7 Å². The van der Waals surface area contributed by atoms with Gasteiger partial charge in [0.1, 0.15) is 11.5 Å². The average molecular weight is 666 g/mol. The van der Waals surface area contributed by atoms with Gasteiger partial charge in [-0.05, 0) is 84.3 Å². The Morgan fingerprint density at radius 1 is 0.958 bits per heavy atom. The molecule has 0 radical (unpaired) electrons. The first kappa shape index (κ1) is 33.3. The van der Waals surface area contributed by atoms with Gasteiger partial charge in [-0.3, -0.25) is 9.59 Å². The zero-order chi connectivity index (χ0) is 34.2. The molecule has 2 amide bonds. The van der Waals surface area contributed by atoms with Crippen molar-refractivity contribution >= 4 is 42.1 Å². The van der Waals surface area contributed by atoms with E-state index in [0.717, 1.165) is 22.6 Å². The second-order valence-electron chi connectivity index (χ2n) is 13.2. The lowest BCUT2D eigenvalue weighted by atomic mass is 9.82. The maximum absolute atomic E-state index is 14.9. The number of methoxy groups -OCH3 is 2. The van der Waals surface area contributed by atoms with Crippen LogP contribution in [0.1, 0.15) is 34.8 Å². The van der Waals surface area contributed by atoms with Crippen molar-refractivity contribution < 1.29 is 28.9 Å². The normalized spacial score (nSPS) is 21.8. The lowest BCUT2D eigenvalue weighted by molar-refractivity contribution is -0.146. The molecule has 10 heteroatoms. The highest BCUT2D eigenvalue weighted by molar-refractivity contribution is 6.91. The number of carbonyl (C=O) groups excluding carboxylic acids is 2. The van der Waals surface area contributed by atoms with E-state index in [-0.39, 0.29) is 36.0 Å². The highest BCUT2D eigenvalue weighted by atomic mass is 28.3. The van der Waals surface area contributed by atoms with Crippen LogP contribution in [0.3, 0.4) is 0 Å². The molecule has 0 aromatic heterocycles. The molecule has 0 unspecified atom stereocenters. The molecule has 4 aromatic rings. The van der Waals surface area contributed by atoms with E-state index in [2.05, 4.69) is 37.5 Å². The molecule has 0 bridgehead atoms. The molecule has 0 aliphatic carbocycles. The van der Waals surface area contributed by atoms with E-state index in [4.69, 9.17) is 19.9 Å². The van der Waals surface area contributed by atoms with Crippen LogP contribution in [-0.2, 0) is 21.7 Å². The van der Waals surface area contributed by atoms with Crippen molar-refractivity contribution in [1.29, 1.82) is 0 Å². The lowest BCUT2D eigenvalue weighted by Gasteiger charge is -2.37. The fraction of sp³-hybridized carbons (Fsp3) is 0.316. The Kier molecular flexibility index (Phi) is 9.08. The number of amides is 2. The quantitative estimate of drug-likeness (QED) is 0.147. The van der Waals surface area contributed by atoms with Crippen molar-refractivity contribution in [2.24, 2.45) is 5.92 Å². The van der Waals surface area contributed by atoms with Gasteiger partial charge < -0.3 is 35.3 Å². The number of fused-ring (bicyclic) bond motifs is 2. The minimum Gasteiger partial charge on any atom is -0.497 e. The van der Waals surface area contributed by atoms with Crippen LogP contribution in [0.15, 0.2) is 91.0 Å². The number of ether oxygens (including phenoxy) is 3. The molecule has 9 nitrogen and oxygen atoms in total. The number of aliphatic hydroxyl groups is 1. The van der Waals surface area contributed by atoms with E-state index >= 15 is 0 Å². The summed E-state index contributed by atoms with van der Waals surface area (Å²) in [6.07, 6.45) is 0.111. The molecule has 4 N–H and O–H groups in total. The van der Waals surface area contributed by atoms with E-state index in [0.29, 0.717) is 35.7 Å². The zero-order valence-corrected chi connectivity index (χ0v) is 29.0. The number of nitrogen functional groups attached to an aromatic ring is 1. The molecule has 2 heterocycles. The highest BCUT2D eigenvalue weighted by Gasteiger charge is 2.66. The lowest BCUT2D eigenvalue weighted by Crippen LogP contribution is -2.51. The molecule has 1 saturated heterocycles. The Morgan fingerprint density at radius 3 is 2.23 bits per heavy atom. The van der Waals surface area contributed by atoms with Crippen LogP contribution in [0, 0.1) is 5.92 Å². The molecule has 48 heavy (non-hydrogen) atoms. The molecular formula is C38H43N3O6Si. The Morgan fingerprint density at radius 2 is 1.60 bits per heavy atom. The average Bonchev–Trinajstić information content (AvgIpc) is 3.52. The van der Waals surface area contributed by atoms with Gasteiger partial charge in [0.2, 0.25) is 0 Å². The maximum Gasteiger partial charge on any atom is 0.264 e. The monoisotopic (exact) mass is 665 g/mol. The molecule has 4 aromatic carbocycles. The minimum atomic E-state index is -2.29. The summed E-state index contributed by atoms with van der Waals surface area (Å²) >= 11 is 0. The molecule has 1 fully saturated rings. The SMILES string of the molecule is COc1ccc([Si](C)(C)[C@@H]2[C@@H](CCO)O[C@]3(C(=O)N(Cc4ccc(NC(=O)c5ccc(N)cc5)cc4)c4ccc(OC)cc43)[C@H]2C)cc1. The molecule has 2 aliphatic heterocycles. The van der Waals surface area contributed by atoms with Crippen molar-refractivity contribution in [1.82, 2.24) is 0 Å². The van der Waals surface area contributed by atoms with Gasteiger partial charge >= 0.3 is 0 Å². The van der Waals surface area contributed by atoms with Crippen LogP contribution in [-0.4, -0.2) is 51.9 Å². The van der Waals surface area contributed by atoms with Crippen LogP contribution >= 0.6 is 0 Å². The summed E-state index contributed by atoms with van der Waals surface area (Å²) in [5.41, 5.74) is 8.76. The molecule has 0 saturated carbocycles. The number of benzene rings is 4. The summed E-state index contributed by atoms with van der Waals surface area (Å²) in [7, 11) is 0.985. The van der Waals surface area contributed by atoms with Gasteiger partial charge in [-0.25, -0.2) is 0 Å². The van der Waals surface area contributed by atoms with Gasteiger partial charge in [0.25, 0.3) is 11.8 Å². The third-order valence-corrected chi connectivity index (χ3v) is 14.5. The first-order valence-electron chi connectivity index (χ1n) is 16.2. The van der Waals surface area contributed by atoms with E-state index in [1.807, 2.05) is 54.6 Å². The number of rotatable bonds is 10. The van der Waals surface area contributed by atoms with E-state index < -0.39 is 13.7 Å². The molecule has 250 valence electrons. The molecule has 1 spiro atoms. The summed E-state index contributed by atoms with van der Waals surface area (Å²) in [5.74, 6) is 0.898. The summed E-state index contributed by atoms with van der Waals surface area (Å²) in [6, 6.07) is 28.2. The first-order chi connectivity index (χ1) is 23.0. The van der Waals surface area contributed by atoms with Gasteiger partial charge in [0.05, 0.1) is 40.6 Å². The van der Waals surface area contributed by atoms with Crippen LogP contribution < -0.4 is 30.6 Å². The predicted octanol–water partition coefficient (Wildman–Crippen LogP) is 5.68. The van der Waals surface area contributed by atoms with Crippen LogP contribution in [0.4, 0.5) is 17.1 Å².